The molecule has 1 aliphatic heterocycles. The first-order valence-electron chi connectivity index (χ1n) is 15.9. The maximum absolute atomic E-state index is 6.50. The van der Waals surface area contributed by atoms with Crippen molar-refractivity contribution in [3.8, 4) is 34.2 Å². The number of fused-ring (bicyclic) bond motifs is 5. The fourth-order valence-corrected chi connectivity index (χ4v) is 7.00. The van der Waals surface area contributed by atoms with Gasteiger partial charge in [0.25, 0.3) is 0 Å². The molecule has 0 radical (unpaired) electrons. The number of furan rings is 1. The second kappa shape index (κ2) is 10.5. The van der Waals surface area contributed by atoms with Crippen LogP contribution in [0.1, 0.15) is 25.0 Å². The monoisotopic (exact) mass is 606 g/mol. The zero-order valence-electron chi connectivity index (χ0n) is 26.1. The molecule has 3 heterocycles. The van der Waals surface area contributed by atoms with Crippen LogP contribution in [0.2, 0.25) is 0 Å². The largest absolute Gasteiger partial charge is 0.456 e. The lowest BCUT2D eigenvalue weighted by atomic mass is 9.73. The third kappa shape index (κ3) is 4.35. The van der Waals surface area contributed by atoms with Gasteiger partial charge < -0.3 is 9.32 Å². The highest BCUT2D eigenvalue weighted by molar-refractivity contribution is 6.14. The average Bonchev–Trinajstić information content (AvgIpc) is 3.51. The topological polar surface area (TPSA) is 55.1 Å². The zero-order valence-corrected chi connectivity index (χ0v) is 26.1. The molecule has 0 fully saturated rings. The molecular weight excluding hydrogens is 576 g/mol. The highest BCUT2D eigenvalue weighted by Crippen LogP contribution is 2.53. The van der Waals surface area contributed by atoms with E-state index >= 15 is 0 Å². The molecule has 6 aromatic carbocycles. The van der Waals surface area contributed by atoms with E-state index in [0.717, 1.165) is 44.3 Å². The van der Waals surface area contributed by atoms with Gasteiger partial charge in [-0.25, -0.2) is 15.0 Å². The Kier molecular flexibility index (Phi) is 6.09. The first-order chi connectivity index (χ1) is 23.1. The van der Waals surface area contributed by atoms with Gasteiger partial charge in [0, 0.05) is 27.5 Å². The molecule has 0 atom stereocenters. The number of hydrogen-bond acceptors (Lipinski definition) is 5. The molecule has 5 nitrogen and oxygen atoms in total. The number of nitrogens with zero attached hydrogens (tertiary/aromatic N) is 4. The molecule has 2 aromatic heterocycles. The SMILES string of the molecule is CC1(C)c2ccccc2N(c2cccc3oc4ccc(-c5nc(-c6ccccc6)nc(-c6ccccc6)n5)cc4c23)c2ccccc21. The van der Waals surface area contributed by atoms with E-state index in [1.807, 2.05) is 78.9 Å². The van der Waals surface area contributed by atoms with Gasteiger partial charge in [0.05, 0.1) is 22.4 Å². The summed E-state index contributed by atoms with van der Waals surface area (Å²) in [7, 11) is 0. The number of benzene rings is 6. The van der Waals surface area contributed by atoms with Crippen LogP contribution in [0.3, 0.4) is 0 Å². The molecule has 9 rings (SSSR count). The van der Waals surface area contributed by atoms with Gasteiger partial charge in [0.15, 0.2) is 17.5 Å². The maximum atomic E-state index is 6.50. The lowest BCUT2D eigenvalue weighted by Gasteiger charge is -2.42. The molecule has 0 amide bonds. The Bertz CT molecular complexity index is 2340. The lowest BCUT2D eigenvalue weighted by Crippen LogP contribution is -2.30. The fraction of sp³-hybridized carbons (Fsp3) is 0.0714. The Balaban J connectivity index is 1.27. The van der Waals surface area contributed by atoms with Crippen LogP contribution in [0, 0.1) is 0 Å². The van der Waals surface area contributed by atoms with Crippen molar-refractivity contribution in [1.82, 2.24) is 15.0 Å². The van der Waals surface area contributed by atoms with Crippen LogP contribution < -0.4 is 4.90 Å². The van der Waals surface area contributed by atoms with E-state index in [-0.39, 0.29) is 5.41 Å². The van der Waals surface area contributed by atoms with Crippen LogP contribution in [0.25, 0.3) is 56.1 Å². The molecule has 0 spiro atoms. The normalized spacial score (nSPS) is 13.4. The van der Waals surface area contributed by atoms with E-state index < -0.39 is 0 Å². The molecule has 0 bridgehead atoms. The molecule has 5 heteroatoms. The standard InChI is InChI=1S/C42H30N4O/c1-42(2)31-18-9-11-20-33(31)46(34-21-12-10-19-32(34)42)35-22-13-23-37-38(35)30-26-29(24-25-36(30)47-37)41-44-39(27-14-5-3-6-15-27)43-40(45-41)28-16-7-4-8-17-28/h3-26H,1-2H3. The van der Waals surface area contributed by atoms with Crippen molar-refractivity contribution in [2.24, 2.45) is 0 Å². The predicted octanol–water partition coefficient (Wildman–Crippen LogP) is 10.9. The Labute approximate surface area is 272 Å². The van der Waals surface area contributed by atoms with Crippen LogP contribution in [-0.4, -0.2) is 15.0 Å². The summed E-state index contributed by atoms with van der Waals surface area (Å²) >= 11 is 0. The third-order valence-corrected chi connectivity index (χ3v) is 9.31. The summed E-state index contributed by atoms with van der Waals surface area (Å²) in [5, 5.41) is 2.06. The minimum absolute atomic E-state index is 0.144. The molecule has 0 saturated carbocycles. The average molecular weight is 607 g/mol. The van der Waals surface area contributed by atoms with Crippen molar-refractivity contribution in [2.75, 3.05) is 4.90 Å². The van der Waals surface area contributed by atoms with Gasteiger partial charge >= 0.3 is 0 Å². The lowest BCUT2D eigenvalue weighted by molar-refractivity contribution is 0.632. The maximum Gasteiger partial charge on any atom is 0.164 e. The quantitative estimate of drug-likeness (QED) is 0.199. The molecule has 0 N–H and O–H groups in total. The Morgan fingerprint density at radius 3 is 1.57 bits per heavy atom. The van der Waals surface area contributed by atoms with Crippen LogP contribution in [0.4, 0.5) is 17.1 Å². The minimum Gasteiger partial charge on any atom is -0.456 e. The molecule has 0 aliphatic carbocycles. The van der Waals surface area contributed by atoms with E-state index in [9.17, 15) is 0 Å². The highest BCUT2D eigenvalue weighted by Gasteiger charge is 2.37. The van der Waals surface area contributed by atoms with Crippen molar-refractivity contribution in [1.29, 1.82) is 0 Å². The van der Waals surface area contributed by atoms with E-state index in [2.05, 4.69) is 85.5 Å². The minimum atomic E-state index is -0.144. The Hall–Kier alpha value is -6.07. The van der Waals surface area contributed by atoms with Gasteiger partial charge in [-0.2, -0.15) is 0 Å². The van der Waals surface area contributed by atoms with Crippen LogP contribution in [0.15, 0.2) is 150 Å². The van der Waals surface area contributed by atoms with Gasteiger partial charge in [0.2, 0.25) is 0 Å². The number of aromatic nitrogens is 3. The molecule has 8 aromatic rings. The first-order valence-corrected chi connectivity index (χ1v) is 15.9. The van der Waals surface area contributed by atoms with Gasteiger partial charge in [-0.3, -0.25) is 0 Å². The summed E-state index contributed by atoms with van der Waals surface area (Å²) in [6.07, 6.45) is 0. The van der Waals surface area contributed by atoms with Crippen molar-refractivity contribution in [3.63, 3.8) is 0 Å². The summed E-state index contributed by atoms with van der Waals surface area (Å²) in [5.41, 5.74) is 10.3. The number of hydrogen-bond donors (Lipinski definition) is 0. The summed E-state index contributed by atoms with van der Waals surface area (Å²) in [5.74, 6) is 1.88. The summed E-state index contributed by atoms with van der Waals surface area (Å²) in [6, 6.07) is 50.1. The zero-order chi connectivity index (χ0) is 31.5. The highest BCUT2D eigenvalue weighted by atomic mass is 16.3. The smallest absolute Gasteiger partial charge is 0.164 e. The molecule has 1 aliphatic rings. The summed E-state index contributed by atoms with van der Waals surface area (Å²) in [6.45, 7) is 4.62. The van der Waals surface area contributed by atoms with Crippen molar-refractivity contribution >= 4 is 39.0 Å². The van der Waals surface area contributed by atoms with Gasteiger partial charge in [0.1, 0.15) is 11.2 Å². The predicted molar refractivity (Wildman–Crippen MR) is 190 cm³/mol. The van der Waals surface area contributed by atoms with E-state index in [0.29, 0.717) is 17.5 Å². The second-order valence-electron chi connectivity index (χ2n) is 12.5. The van der Waals surface area contributed by atoms with Gasteiger partial charge in [-0.1, -0.05) is 117 Å². The van der Waals surface area contributed by atoms with Crippen LogP contribution in [0.5, 0.6) is 0 Å². The second-order valence-corrected chi connectivity index (χ2v) is 12.5. The Morgan fingerprint density at radius 2 is 0.979 bits per heavy atom. The van der Waals surface area contributed by atoms with E-state index in [1.54, 1.807) is 0 Å². The molecule has 47 heavy (non-hydrogen) atoms. The molecule has 0 unspecified atom stereocenters. The van der Waals surface area contributed by atoms with Gasteiger partial charge in [-0.15, -0.1) is 0 Å². The number of anilines is 3. The van der Waals surface area contributed by atoms with Crippen molar-refractivity contribution in [2.45, 2.75) is 19.3 Å². The third-order valence-electron chi connectivity index (χ3n) is 9.31. The fourth-order valence-electron chi connectivity index (χ4n) is 7.00. The van der Waals surface area contributed by atoms with E-state index in [1.165, 1.54) is 22.5 Å². The van der Waals surface area contributed by atoms with Crippen molar-refractivity contribution in [3.05, 3.63) is 157 Å². The number of rotatable bonds is 4. The molecular formula is C42H30N4O. The van der Waals surface area contributed by atoms with E-state index in [4.69, 9.17) is 19.4 Å². The molecule has 224 valence electrons. The summed E-state index contributed by atoms with van der Waals surface area (Å²) < 4.78 is 6.50. The summed E-state index contributed by atoms with van der Waals surface area (Å²) in [4.78, 5) is 17.3. The van der Waals surface area contributed by atoms with Gasteiger partial charge in [-0.05, 0) is 53.6 Å². The van der Waals surface area contributed by atoms with Crippen LogP contribution >= 0.6 is 0 Å². The van der Waals surface area contributed by atoms with Crippen LogP contribution in [-0.2, 0) is 5.41 Å². The molecule has 0 saturated heterocycles. The van der Waals surface area contributed by atoms with Crippen molar-refractivity contribution < 1.29 is 4.42 Å². The number of para-hydroxylation sites is 2. The first kappa shape index (κ1) is 27.3. The Morgan fingerprint density at radius 1 is 0.468 bits per heavy atom.